The van der Waals surface area contributed by atoms with Gasteiger partial charge in [-0.25, -0.2) is 8.78 Å². The summed E-state index contributed by atoms with van der Waals surface area (Å²) >= 11 is 0. The van der Waals surface area contributed by atoms with Crippen molar-refractivity contribution in [1.82, 2.24) is 0 Å². The summed E-state index contributed by atoms with van der Waals surface area (Å²) in [6, 6.07) is 3.93. The first-order chi connectivity index (χ1) is 7.13. The Kier molecular flexibility index (Phi) is 2.89. The Hall–Kier alpha value is -1.12. The lowest BCUT2D eigenvalue weighted by Gasteiger charge is -2.13. The van der Waals surface area contributed by atoms with Crippen molar-refractivity contribution in [3.05, 3.63) is 29.8 Å². The fourth-order valence-corrected chi connectivity index (χ4v) is 2.21. The van der Waals surface area contributed by atoms with E-state index in [1.54, 1.807) is 0 Å². The van der Waals surface area contributed by atoms with Crippen LogP contribution in [0.1, 0.15) is 26.2 Å². The Balaban J connectivity index is 2.04. The van der Waals surface area contributed by atoms with Gasteiger partial charge >= 0.3 is 0 Å². The van der Waals surface area contributed by atoms with Crippen molar-refractivity contribution in [2.75, 3.05) is 5.32 Å². The van der Waals surface area contributed by atoms with E-state index in [1.807, 2.05) is 0 Å². The second-order valence-electron chi connectivity index (χ2n) is 4.42. The second-order valence-corrected chi connectivity index (χ2v) is 4.42. The maximum Gasteiger partial charge on any atom is 0.128 e. The Morgan fingerprint density at radius 2 is 1.80 bits per heavy atom. The van der Waals surface area contributed by atoms with Gasteiger partial charge in [0.15, 0.2) is 0 Å². The Morgan fingerprint density at radius 1 is 1.13 bits per heavy atom. The van der Waals surface area contributed by atoms with Crippen molar-refractivity contribution in [1.29, 1.82) is 0 Å². The number of hydrogen-bond acceptors (Lipinski definition) is 1. The summed E-state index contributed by atoms with van der Waals surface area (Å²) in [6.07, 6.45) is 3.35. The van der Waals surface area contributed by atoms with Crippen LogP contribution in [-0.2, 0) is 0 Å². The first-order valence-corrected chi connectivity index (χ1v) is 5.36. The molecule has 1 aromatic rings. The standard InChI is InChI=1S/C12H15F2N/c1-8-2-3-11(4-8)15-12-6-9(13)5-10(14)7-12/h5-8,11,15H,2-4H2,1H3. The van der Waals surface area contributed by atoms with Crippen LogP contribution in [0.4, 0.5) is 14.5 Å². The molecule has 3 heteroatoms. The smallest absolute Gasteiger partial charge is 0.128 e. The number of halogens is 2. The molecule has 1 aliphatic carbocycles. The molecule has 0 aliphatic heterocycles. The van der Waals surface area contributed by atoms with Crippen molar-refractivity contribution in [3.8, 4) is 0 Å². The van der Waals surface area contributed by atoms with E-state index >= 15 is 0 Å². The number of anilines is 1. The molecule has 1 N–H and O–H groups in total. The zero-order chi connectivity index (χ0) is 10.8. The number of nitrogens with one attached hydrogen (secondary N) is 1. The monoisotopic (exact) mass is 211 g/mol. The Labute approximate surface area is 88.5 Å². The molecule has 15 heavy (non-hydrogen) atoms. The van der Waals surface area contributed by atoms with Crippen molar-refractivity contribution >= 4 is 5.69 Å². The molecule has 1 aromatic carbocycles. The molecular weight excluding hydrogens is 196 g/mol. The largest absolute Gasteiger partial charge is 0.382 e. The van der Waals surface area contributed by atoms with Crippen LogP contribution < -0.4 is 5.32 Å². The molecule has 1 fully saturated rings. The predicted octanol–water partition coefficient (Wildman–Crippen LogP) is 3.57. The van der Waals surface area contributed by atoms with Crippen molar-refractivity contribution in [2.24, 2.45) is 5.92 Å². The normalized spacial score (nSPS) is 25.5. The lowest BCUT2D eigenvalue weighted by atomic mass is 10.1. The summed E-state index contributed by atoms with van der Waals surface area (Å²) in [4.78, 5) is 0. The summed E-state index contributed by atoms with van der Waals surface area (Å²) in [5, 5.41) is 3.17. The highest BCUT2D eigenvalue weighted by Crippen LogP contribution is 2.27. The van der Waals surface area contributed by atoms with Gasteiger partial charge in [-0.2, -0.15) is 0 Å². The SMILES string of the molecule is CC1CCC(Nc2cc(F)cc(F)c2)C1. The molecule has 1 nitrogen and oxygen atoms in total. The number of rotatable bonds is 2. The van der Waals surface area contributed by atoms with Crippen LogP contribution >= 0.6 is 0 Å². The molecule has 0 spiro atoms. The molecule has 1 saturated carbocycles. The average molecular weight is 211 g/mol. The maximum atomic E-state index is 12.9. The van der Waals surface area contributed by atoms with Crippen LogP contribution in [-0.4, -0.2) is 6.04 Å². The van der Waals surface area contributed by atoms with E-state index in [9.17, 15) is 8.78 Å². The third-order valence-electron chi connectivity index (χ3n) is 2.93. The summed E-state index contributed by atoms with van der Waals surface area (Å²) in [7, 11) is 0. The van der Waals surface area contributed by atoms with Crippen LogP contribution in [0.15, 0.2) is 18.2 Å². The van der Waals surface area contributed by atoms with E-state index in [-0.39, 0.29) is 0 Å². The van der Waals surface area contributed by atoms with Crippen LogP contribution in [0.2, 0.25) is 0 Å². The zero-order valence-corrected chi connectivity index (χ0v) is 8.76. The van der Waals surface area contributed by atoms with Crippen molar-refractivity contribution in [3.63, 3.8) is 0 Å². The van der Waals surface area contributed by atoms with Gasteiger partial charge in [-0.05, 0) is 37.3 Å². The molecule has 1 aliphatic rings. The van der Waals surface area contributed by atoms with Gasteiger partial charge in [-0.3, -0.25) is 0 Å². The molecule has 2 unspecified atom stereocenters. The maximum absolute atomic E-state index is 12.9. The zero-order valence-electron chi connectivity index (χ0n) is 8.76. The molecule has 0 aromatic heterocycles. The average Bonchev–Trinajstić information content (AvgIpc) is 2.49. The quantitative estimate of drug-likeness (QED) is 0.788. The van der Waals surface area contributed by atoms with Gasteiger partial charge in [0, 0.05) is 17.8 Å². The molecule has 0 heterocycles. The van der Waals surface area contributed by atoms with Gasteiger partial charge in [-0.15, -0.1) is 0 Å². The molecule has 2 atom stereocenters. The topological polar surface area (TPSA) is 12.0 Å². The van der Waals surface area contributed by atoms with E-state index in [2.05, 4.69) is 12.2 Å². The minimum atomic E-state index is -0.524. The third kappa shape index (κ3) is 2.67. The molecule has 82 valence electrons. The van der Waals surface area contributed by atoms with Crippen LogP contribution in [0.5, 0.6) is 0 Å². The summed E-state index contributed by atoms with van der Waals surface area (Å²) in [5.41, 5.74) is 0.548. The first-order valence-electron chi connectivity index (χ1n) is 5.36. The lowest BCUT2D eigenvalue weighted by molar-refractivity contribution is 0.582. The second kappa shape index (κ2) is 4.17. The summed E-state index contributed by atoms with van der Waals surface area (Å²) in [5.74, 6) is -0.340. The Bertz CT molecular complexity index is 331. The van der Waals surface area contributed by atoms with E-state index in [0.717, 1.165) is 18.9 Å². The van der Waals surface area contributed by atoms with Crippen molar-refractivity contribution in [2.45, 2.75) is 32.2 Å². The number of benzene rings is 1. The van der Waals surface area contributed by atoms with E-state index in [0.29, 0.717) is 17.6 Å². The molecule has 0 bridgehead atoms. The van der Waals surface area contributed by atoms with E-state index in [1.165, 1.54) is 18.6 Å². The van der Waals surface area contributed by atoms with Crippen LogP contribution in [0, 0.1) is 17.6 Å². The molecule has 0 saturated heterocycles. The minimum absolute atomic E-state index is 0.362. The van der Waals surface area contributed by atoms with Gasteiger partial charge in [0.1, 0.15) is 11.6 Å². The molecular formula is C12H15F2N. The fourth-order valence-electron chi connectivity index (χ4n) is 2.21. The van der Waals surface area contributed by atoms with Gasteiger partial charge in [0.2, 0.25) is 0 Å². The van der Waals surface area contributed by atoms with E-state index < -0.39 is 11.6 Å². The van der Waals surface area contributed by atoms with Gasteiger partial charge in [0.25, 0.3) is 0 Å². The summed E-state index contributed by atoms with van der Waals surface area (Å²) in [6.45, 7) is 2.20. The van der Waals surface area contributed by atoms with Crippen LogP contribution in [0.25, 0.3) is 0 Å². The van der Waals surface area contributed by atoms with Gasteiger partial charge < -0.3 is 5.32 Å². The highest BCUT2D eigenvalue weighted by atomic mass is 19.1. The highest BCUT2D eigenvalue weighted by molar-refractivity contribution is 5.44. The van der Waals surface area contributed by atoms with Gasteiger partial charge in [-0.1, -0.05) is 6.92 Å². The lowest BCUT2D eigenvalue weighted by Crippen LogP contribution is -2.15. The predicted molar refractivity (Wildman–Crippen MR) is 56.8 cm³/mol. The molecule has 0 radical (unpaired) electrons. The fraction of sp³-hybridized carbons (Fsp3) is 0.500. The molecule has 0 amide bonds. The van der Waals surface area contributed by atoms with Gasteiger partial charge in [0.05, 0.1) is 0 Å². The number of hydrogen-bond donors (Lipinski definition) is 1. The first kappa shape index (κ1) is 10.4. The highest BCUT2D eigenvalue weighted by Gasteiger charge is 2.21. The third-order valence-corrected chi connectivity index (χ3v) is 2.93. The van der Waals surface area contributed by atoms with E-state index in [4.69, 9.17) is 0 Å². The minimum Gasteiger partial charge on any atom is -0.382 e. The molecule has 2 rings (SSSR count). The Morgan fingerprint density at radius 3 is 2.33 bits per heavy atom. The van der Waals surface area contributed by atoms with Crippen molar-refractivity contribution < 1.29 is 8.78 Å². The van der Waals surface area contributed by atoms with Crippen LogP contribution in [0.3, 0.4) is 0 Å². The summed E-state index contributed by atoms with van der Waals surface area (Å²) < 4.78 is 25.8.